The molecule has 0 aliphatic carbocycles. The quantitative estimate of drug-likeness (QED) is 0.722. The lowest BCUT2D eigenvalue weighted by molar-refractivity contribution is 0.443. The molecule has 1 aromatic carbocycles. The second kappa shape index (κ2) is 3.99. The van der Waals surface area contributed by atoms with Gasteiger partial charge in [0.05, 0.1) is 5.02 Å². The molecule has 0 spiro atoms. The topological polar surface area (TPSA) is 26.3 Å². The van der Waals surface area contributed by atoms with Crippen LogP contribution in [0, 0.1) is 0 Å². The van der Waals surface area contributed by atoms with E-state index in [2.05, 4.69) is 4.74 Å². The van der Waals surface area contributed by atoms with Crippen molar-refractivity contribution in [2.45, 2.75) is 0 Å². The third-order valence-electron chi connectivity index (χ3n) is 1.11. The predicted molar refractivity (Wildman–Crippen MR) is 47.8 cm³/mol. The molecule has 0 aliphatic heterocycles. The van der Waals surface area contributed by atoms with Gasteiger partial charge in [0.25, 0.3) is 0 Å². The van der Waals surface area contributed by atoms with Crippen LogP contribution >= 0.6 is 34.8 Å². The van der Waals surface area contributed by atoms with E-state index in [1.807, 2.05) is 0 Å². The third kappa shape index (κ3) is 2.03. The zero-order chi connectivity index (χ0) is 9.14. The lowest BCUT2D eigenvalue weighted by atomic mass is 10.3. The fourth-order valence-corrected chi connectivity index (χ4v) is 1.27. The van der Waals surface area contributed by atoms with E-state index < -0.39 is 0 Å². The second-order valence-corrected chi connectivity index (χ2v) is 3.11. The van der Waals surface area contributed by atoms with E-state index in [9.17, 15) is 4.79 Å². The van der Waals surface area contributed by atoms with Crippen LogP contribution in [0.4, 0.5) is 0 Å². The van der Waals surface area contributed by atoms with Crippen LogP contribution in [0.3, 0.4) is 0 Å². The lowest BCUT2D eigenvalue weighted by Crippen LogP contribution is -1.89. The highest BCUT2D eigenvalue weighted by atomic mass is 35.5. The van der Waals surface area contributed by atoms with E-state index in [0.717, 1.165) is 0 Å². The zero-order valence-corrected chi connectivity index (χ0v) is 7.87. The Bertz CT molecular complexity index is 312. The molecule has 0 heterocycles. The molecule has 0 fully saturated rings. The summed E-state index contributed by atoms with van der Waals surface area (Å²) in [5.74, 6) is 0.101. The Morgan fingerprint density at radius 1 is 1.25 bits per heavy atom. The van der Waals surface area contributed by atoms with Crippen molar-refractivity contribution in [2.24, 2.45) is 0 Å². The molecular weight excluding hydrogens is 222 g/mol. The van der Waals surface area contributed by atoms with Crippen molar-refractivity contribution in [2.75, 3.05) is 0 Å². The highest BCUT2D eigenvalue weighted by Gasteiger charge is 2.07. The van der Waals surface area contributed by atoms with Crippen molar-refractivity contribution in [1.29, 1.82) is 0 Å². The molecule has 0 aliphatic rings. The molecule has 1 radical (unpaired) electrons. The number of rotatable bonds is 2. The zero-order valence-electron chi connectivity index (χ0n) is 5.61. The van der Waals surface area contributed by atoms with Gasteiger partial charge in [-0.15, -0.1) is 0 Å². The normalized spacial score (nSPS) is 9.58. The minimum atomic E-state index is 0.101. The van der Waals surface area contributed by atoms with Gasteiger partial charge in [-0.25, -0.2) is 4.79 Å². The van der Waals surface area contributed by atoms with Crippen LogP contribution in [0.1, 0.15) is 0 Å². The summed E-state index contributed by atoms with van der Waals surface area (Å²) in [6.45, 7) is 1.23. The van der Waals surface area contributed by atoms with Crippen LogP contribution in [-0.2, 0) is 4.79 Å². The first-order valence-electron chi connectivity index (χ1n) is 2.83. The van der Waals surface area contributed by atoms with Gasteiger partial charge in [-0.2, -0.15) is 0 Å². The summed E-state index contributed by atoms with van der Waals surface area (Å²) in [7, 11) is 0. The van der Waals surface area contributed by atoms with Gasteiger partial charge in [-0.3, -0.25) is 0 Å². The minimum Gasteiger partial charge on any atom is -0.416 e. The number of hydrogen-bond donors (Lipinski definition) is 0. The fraction of sp³-hybridized carbons (Fsp3) is 0. The van der Waals surface area contributed by atoms with Gasteiger partial charge in [0, 0.05) is 11.1 Å². The van der Waals surface area contributed by atoms with Crippen molar-refractivity contribution in [3.8, 4) is 5.75 Å². The highest BCUT2D eigenvalue weighted by molar-refractivity contribution is 6.44. The minimum absolute atomic E-state index is 0.101. The van der Waals surface area contributed by atoms with Crippen molar-refractivity contribution in [3.63, 3.8) is 0 Å². The number of halogens is 3. The average molecular weight is 224 g/mol. The highest BCUT2D eigenvalue weighted by Crippen LogP contribution is 2.34. The van der Waals surface area contributed by atoms with Crippen molar-refractivity contribution in [1.82, 2.24) is 0 Å². The second-order valence-electron chi connectivity index (χ2n) is 1.89. The van der Waals surface area contributed by atoms with E-state index in [4.69, 9.17) is 34.8 Å². The maximum Gasteiger partial charge on any atom is 0.423 e. The molecule has 0 amide bonds. The average Bonchev–Trinajstić information content (AvgIpc) is 2.00. The summed E-state index contributed by atoms with van der Waals surface area (Å²) >= 11 is 16.9. The number of ether oxygens (including phenoxy) is 1. The number of benzene rings is 1. The molecular formula is C7H2Cl3O2. The van der Waals surface area contributed by atoms with Gasteiger partial charge in [0.2, 0.25) is 0 Å². The van der Waals surface area contributed by atoms with Gasteiger partial charge < -0.3 is 4.74 Å². The molecule has 1 rings (SSSR count). The van der Waals surface area contributed by atoms with Gasteiger partial charge in [-0.1, -0.05) is 34.8 Å². The molecule has 0 saturated heterocycles. The molecule has 0 saturated carbocycles. The summed E-state index contributed by atoms with van der Waals surface area (Å²) in [6, 6.07) is 2.82. The predicted octanol–water partition coefficient (Wildman–Crippen LogP) is 3.09. The summed E-state index contributed by atoms with van der Waals surface area (Å²) in [4.78, 5) is 9.86. The van der Waals surface area contributed by atoms with Crippen LogP contribution in [-0.4, -0.2) is 6.47 Å². The molecule has 0 unspecified atom stereocenters. The molecule has 1 aromatic rings. The number of carbonyl (C=O) groups excluding carboxylic acids is 1. The van der Waals surface area contributed by atoms with E-state index in [1.54, 1.807) is 0 Å². The van der Waals surface area contributed by atoms with Crippen molar-refractivity contribution >= 4 is 41.3 Å². The largest absolute Gasteiger partial charge is 0.423 e. The van der Waals surface area contributed by atoms with Crippen LogP contribution in [0.15, 0.2) is 12.1 Å². The van der Waals surface area contributed by atoms with Crippen LogP contribution in [0.25, 0.3) is 0 Å². The summed E-state index contributed by atoms with van der Waals surface area (Å²) in [5, 5.41) is 0.716. The third-order valence-corrected chi connectivity index (χ3v) is 2.11. The Morgan fingerprint density at radius 3 is 2.50 bits per heavy atom. The summed E-state index contributed by atoms with van der Waals surface area (Å²) < 4.78 is 4.39. The smallest absolute Gasteiger partial charge is 0.416 e. The molecule has 0 aromatic heterocycles. The Balaban J connectivity index is 3.17. The molecule has 63 valence electrons. The maximum absolute atomic E-state index is 9.86. The molecule has 0 atom stereocenters. The van der Waals surface area contributed by atoms with Crippen LogP contribution in [0.5, 0.6) is 5.75 Å². The van der Waals surface area contributed by atoms with Crippen molar-refractivity contribution in [3.05, 3.63) is 27.2 Å². The lowest BCUT2D eigenvalue weighted by Gasteiger charge is -2.02. The summed E-state index contributed by atoms with van der Waals surface area (Å²) in [6.07, 6.45) is 0. The van der Waals surface area contributed by atoms with Crippen LogP contribution in [0.2, 0.25) is 15.1 Å². The molecule has 2 nitrogen and oxygen atoms in total. The molecule has 12 heavy (non-hydrogen) atoms. The van der Waals surface area contributed by atoms with Gasteiger partial charge in [-0.05, 0) is 6.07 Å². The standard InChI is InChI=1S/C7H2Cl3O2/c8-4-1-5(9)7(10)6(2-4)12-3-11/h1-2H. The van der Waals surface area contributed by atoms with E-state index in [-0.39, 0.29) is 15.8 Å². The fourth-order valence-electron chi connectivity index (χ4n) is 0.652. The molecule has 0 bridgehead atoms. The van der Waals surface area contributed by atoms with Gasteiger partial charge >= 0.3 is 6.47 Å². The molecule has 5 heteroatoms. The maximum atomic E-state index is 9.86. The number of hydrogen-bond acceptors (Lipinski definition) is 2. The Labute approximate surface area is 84.0 Å². The SMILES string of the molecule is O=[C]Oc1cc(Cl)cc(Cl)c1Cl. The Kier molecular flexibility index (Phi) is 3.20. The van der Waals surface area contributed by atoms with E-state index in [0.29, 0.717) is 5.02 Å². The van der Waals surface area contributed by atoms with E-state index in [1.165, 1.54) is 18.6 Å². The summed E-state index contributed by atoms with van der Waals surface area (Å²) in [5.41, 5.74) is 0. The first kappa shape index (κ1) is 9.65. The van der Waals surface area contributed by atoms with Crippen LogP contribution < -0.4 is 4.74 Å². The Morgan fingerprint density at radius 2 is 1.92 bits per heavy atom. The molecule has 0 N–H and O–H groups in total. The van der Waals surface area contributed by atoms with Crippen molar-refractivity contribution < 1.29 is 9.53 Å². The van der Waals surface area contributed by atoms with Gasteiger partial charge in [0.1, 0.15) is 5.02 Å². The van der Waals surface area contributed by atoms with E-state index >= 15 is 0 Å². The first-order valence-corrected chi connectivity index (χ1v) is 3.97. The Hall–Kier alpha value is -0.440. The first-order chi connectivity index (χ1) is 5.65. The monoisotopic (exact) mass is 223 g/mol. The van der Waals surface area contributed by atoms with Gasteiger partial charge in [0.15, 0.2) is 5.75 Å².